The summed E-state index contributed by atoms with van der Waals surface area (Å²) < 4.78 is 5.05. The lowest BCUT2D eigenvalue weighted by Crippen LogP contribution is -2.28. The molecule has 2 rings (SSSR count). The van der Waals surface area contributed by atoms with Gasteiger partial charge in [0.05, 0.1) is 12.2 Å². The normalized spacial score (nSPS) is 10.0. The minimum absolute atomic E-state index is 0.329. The van der Waals surface area contributed by atoms with Crippen molar-refractivity contribution in [3.8, 4) is 0 Å². The van der Waals surface area contributed by atoms with Gasteiger partial charge in [-0.15, -0.1) is 0 Å². The van der Waals surface area contributed by atoms with E-state index in [1.54, 1.807) is 31.5 Å². The largest absolute Gasteiger partial charge is 0.462 e. The number of rotatable bonds is 5. The van der Waals surface area contributed by atoms with Crippen LogP contribution in [-0.2, 0) is 11.3 Å². The third kappa shape index (κ3) is 4.75. The second-order valence-electron chi connectivity index (χ2n) is 4.86. The first-order chi connectivity index (χ1) is 11.1. The summed E-state index contributed by atoms with van der Waals surface area (Å²) in [4.78, 5) is 15.9. The van der Waals surface area contributed by atoms with Crippen molar-refractivity contribution in [1.29, 1.82) is 0 Å². The molecule has 0 aliphatic rings. The number of pyridine rings is 1. The first-order valence-electron chi connectivity index (χ1n) is 7.32. The molecule has 0 saturated carbocycles. The second-order valence-corrected chi connectivity index (χ2v) is 5.27. The van der Waals surface area contributed by atoms with E-state index in [0.29, 0.717) is 23.8 Å². The highest BCUT2D eigenvalue weighted by molar-refractivity contribution is 7.80. The molecule has 0 bridgehead atoms. The van der Waals surface area contributed by atoms with E-state index in [-0.39, 0.29) is 5.97 Å². The van der Waals surface area contributed by atoms with Crippen LogP contribution in [0.25, 0.3) is 0 Å². The van der Waals surface area contributed by atoms with Gasteiger partial charge in [0.15, 0.2) is 5.11 Å². The number of nitrogens with zero attached hydrogens (tertiary/aromatic N) is 1. The molecular weight excluding hydrogens is 310 g/mol. The number of anilines is 1. The molecule has 1 aromatic carbocycles. The number of thiocarbonyl (C=S) groups is 1. The number of ether oxygens (including phenoxy) is 1. The zero-order chi connectivity index (χ0) is 16.7. The molecule has 0 amide bonds. The van der Waals surface area contributed by atoms with Gasteiger partial charge in [0.25, 0.3) is 0 Å². The first-order valence-corrected chi connectivity index (χ1v) is 7.73. The number of hydrogen-bond donors (Lipinski definition) is 2. The molecule has 0 radical (unpaired) electrons. The molecule has 0 aliphatic carbocycles. The lowest BCUT2D eigenvalue weighted by Gasteiger charge is -2.14. The van der Waals surface area contributed by atoms with Gasteiger partial charge >= 0.3 is 5.97 Å². The maximum Gasteiger partial charge on any atom is 0.338 e. The molecule has 1 heterocycles. The van der Waals surface area contributed by atoms with Gasteiger partial charge in [0.2, 0.25) is 0 Å². The number of esters is 1. The van der Waals surface area contributed by atoms with Gasteiger partial charge in [0, 0.05) is 24.6 Å². The molecule has 5 nitrogen and oxygen atoms in total. The molecule has 0 atom stereocenters. The summed E-state index contributed by atoms with van der Waals surface area (Å²) in [5, 5.41) is 6.73. The van der Waals surface area contributed by atoms with Gasteiger partial charge in [-0.3, -0.25) is 4.98 Å². The van der Waals surface area contributed by atoms with E-state index < -0.39 is 0 Å². The summed E-state index contributed by atoms with van der Waals surface area (Å²) in [6.07, 6.45) is 3.47. The van der Waals surface area contributed by atoms with E-state index in [2.05, 4.69) is 15.6 Å². The Hall–Kier alpha value is -2.47. The van der Waals surface area contributed by atoms with Crippen molar-refractivity contribution < 1.29 is 9.53 Å². The maximum absolute atomic E-state index is 11.9. The Morgan fingerprint density at radius 2 is 2.00 bits per heavy atom. The van der Waals surface area contributed by atoms with Gasteiger partial charge in [-0.2, -0.15) is 0 Å². The van der Waals surface area contributed by atoms with Gasteiger partial charge < -0.3 is 15.4 Å². The summed E-state index contributed by atoms with van der Waals surface area (Å²) in [5.41, 5.74) is 3.21. The van der Waals surface area contributed by atoms with Crippen LogP contribution in [0.2, 0.25) is 0 Å². The average Bonchev–Trinajstić information content (AvgIpc) is 2.56. The van der Waals surface area contributed by atoms with Crippen molar-refractivity contribution in [3.63, 3.8) is 0 Å². The van der Waals surface area contributed by atoms with Crippen molar-refractivity contribution >= 4 is 29.0 Å². The standard InChI is InChI=1S/C17H19N3O2S/c1-3-22-16(21)14-5-4-6-15(12(14)2)20-17(23)19-11-13-7-9-18-10-8-13/h4-10H,3,11H2,1-2H3,(H2,19,20,23). The average molecular weight is 329 g/mol. The Kier molecular flexibility index (Phi) is 6.05. The van der Waals surface area contributed by atoms with Crippen LogP contribution >= 0.6 is 12.2 Å². The highest BCUT2D eigenvalue weighted by Gasteiger charge is 2.13. The molecular formula is C17H19N3O2S. The topological polar surface area (TPSA) is 63.2 Å². The smallest absolute Gasteiger partial charge is 0.338 e. The highest BCUT2D eigenvalue weighted by atomic mass is 32.1. The number of aromatic nitrogens is 1. The van der Waals surface area contributed by atoms with Crippen molar-refractivity contribution in [2.24, 2.45) is 0 Å². The van der Waals surface area contributed by atoms with Gasteiger partial charge in [0.1, 0.15) is 0 Å². The second kappa shape index (κ2) is 8.24. The summed E-state index contributed by atoms with van der Waals surface area (Å²) in [5.74, 6) is -0.329. The van der Waals surface area contributed by atoms with E-state index >= 15 is 0 Å². The SMILES string of the molecule is CCOC(=O)c1cccc(NC(=S)NCc2ccncc2)c1C. The van der Waals surface area contributed by atoms with Crippen molar-refractivity contribution in [3.05, 3.63) is 59.4 Å². The number of hydrogen-bond acceptors (Lipinski definition) is 4. The zero-order valence-electron chi connectivity index (χ0n) is 13.1. The molecule has 1 aromatic heterocycles. The summed E-state index contributed by atoms with van der Waals surface area (Å²) in [6, 6.07) is 9.25. The van der Waals surface area contributed by atoms with Crippen LogP contribution in [0.1, 0.15) is 28.4 Å². The fourth-order valence-electron chi connectivity index (χ4n) is 2.05. The van der Waals surface area contributed by atoms with Crippen LogP contribution in [0.4, 0.5) is 5.69 Å². The Balaban J connectivity index is 2.00. The van der Waals surface area contributed by atoms with Crippen LogP contribution in [0.3, 0.4) is 0 Å². The first kappa shape index (κ1) is 16.9. The van der Waals surface area contributed by atoms with E-state index in [4.69, 9.17) is 17.0 Å². The van der Waals surface area contributed by atoms with E-state index in [1.807, 2.05) is 25.1 Å². The van der Waals surface area contributed by atoms with Crippen LogP contribution in [-0.4, -0.2) is 22.7 Å². The summed E-state index contributed by atoms with van der Waals surface area (Å²) in [6.45, 7) is 4.60. The lowest BCUT2D eigenvalue weighted by molar-refractivity contribution is 0.0525. The fraction of sp³-hybridized carbons (Fsp3) is 0.235. The monoisotopic (exact) mass is 329 g/mol. The third-order valence-electron chi connectivity index (χ3n) is 3.28. The lowest BCUT2D eigenvalue weighted by atomic mass is 10.1. The number of benzene rings is 1. The fourth-order valence-corrected chi connectivity index (χ4v) is 2.23. The molecule has 120 valence electrons. The number of carbonyl (C=O) groups excluding carboxylic acids is 1. The quantitative estimate of drug-likeness (QED) is 0.649. The highest BCUT2D eigenvalue weighted by Crippen LogP contribution is 2.19. The van der Waals surface area contributed by atoms with Crippen LogP contribution in [0, 0.1) is 6.92 Å². The predicted molar refractivity (Wildman–Crippen MR) is 94.4 cm³/mol. The van der Waals surface area contributed by atoms with E-state index in [1.165, 1.54) is 0 Å². The Bertz CT molecular complexity index is 689. The van der Waals surface area contributed by atoms with Gasteiger partial charge in [-0.1, -0.05) is 6.07 Å². The van der Waals surface area contributed by atoms with Crippen LogP contribution < -0.4 is 10.6 Å². The Labute approximate surface area is 141 Å². The predicted octanol–water partition coefficient (Wildman–Crippen LogP) is 3.05. The summed E-state index contributed by atoms with van der Waals surface area (Å²) in [7, 11) is 0. The van der Waals surface area contributed by atoms with E-state index in [0.717, 1.165) is 16.8 Å². The molecule has 0 saturated heterocycles. The maximum atomic E-state index is 11.9. The molecule has 0 unspecified atom stereocenters. The molecule has 0 aliphatic heterocycles. The Morgan fingerprint density at radius 3 is 2.70 bits per heavy atom. The minimum Gasteiger partial charge on any atom is -0.462 e. The van der Waals surface area contributed by atoms with Gasteiger partial charge in [-0.25, -0.2) is 4.79 Å². The minimum atomic E-state index is -0.329. The molecule has 6 heteroatoms. The van der Waals surface area contributed by atoms with Crippen molar-refractivity contribution in [2.75, 3.05) is 11.9 Å². The number of nitrogens with one attached hydrogen (secondary N) is 2. The third-order valence-corrected chi connectivity index (χ3v) is 3.53. The molecule has 2 N–H and O–H groups in total. The zero-order valence-corrected chi connectivity index (χ0v) is 13.9. The van der Waals surface area contributed by atoms with Crippen LogP contribution in [0.5, 0.6) is 0 Å². The molecule has 2 aromatic rings. The number of carbonyl (C=O) groups is 1. The van der Waals surface area contributed by atoms with Crippen LogP contribution in [0.15, 0.2) is 42.7 Å². The molecule has 0 spiro atoms. The van der Waals surface area contributed by atoms with Gasteiger partial charge in [-0.05, 0) is 61.5 Å². The molecule has 0 fully saturated rings. The van der Waals surface area contributed by atoms with Crippen molar-refractivity contribution in [1.82, 2.24) is 10.3 Å². The van der Waals surface area contributed by atoms with Crippen molar-refractivity contribution in [2.45, 2.75) is 20.4 Å². The summed E-state index contributed by atoms with van der Waals surface area (Å²) >= 11 is 5.30. The Morgan fingerprint density at radius 1 is 1.26 bits per heavy atom. The molecule has 23 heavy (non-hydrogen) atoms. The van der Waals surface area contributed by atoms with E-state index in [9.17, 15) is 4.79 Å².